The topological polar surface area (TPSA) is 38.5 Å². The fraction of sp³-hybridized carbons (Fsp3) is 0.538. The monoisotopic (exact) mass is 220 g/mol. The molecule has 88 valence electrons. The number of aryl methyl sites for hydroxylation is 1. The van der Waals surface area contributed by atoms with E-state index in [-0.39, 0.29) is 0 Å². The predicted molar refractivity (Wildman–Crippen MR) is 67.8 cm³/mol. The maximum Gasteiger partial charge on any atom is 0.0750 e. The van der Waals surface area contributed by atoms with Gasteiger partial charge in [0.25, 0.3) is 0 Å². The van der Waals surface area contributed by atoms with Gasteiger partial charge < -0.3 is 15.4 Å². The molecule has 0 spiro atoms. The molecule has 1 saturated heterocycles. The molecular formula is C13H20N2O. The van der Waals surface area contributed by atoms with E-state index in [1.54, 1.807) is 0 Å². The van der Waals surface area contributed by atoms with E-state index in [1.165, 1.54) is 12.0 Å². The molecular weight excluding hydrogens is 200 g/mol. The predicted octanol–water partition coefficient (Wildman–Crippen LogP) is 2.19. The van der Waals surface area contributed by atoms with Crippen LogP contribution in [-0.4, -0.2) is 26.3 Å². The highest BCUT2D eigenvalue weighted by atomic mass is 16.5. The summed E-state index contributed by atoms with van der Waals surface area (Å²) in [6.07, 6.45) is 2.71. The molecule has 1 aromatic rings. The number of ether oxygens (including phenoxy) is 1. The van der Waals surface area contributed by atoms with Crippen LogP contribution in [0.2, 0.25) is 0 Å². The number of anilines is 2. The lowest BCUT2D eigenvalue weighted by molar-refractivity contribution is 0.116. The fourth-order valence-corrected chi connectivity index (χ4v) is 2.39. The van der Waals surface area contributed by atoms with Gasteiger partial charge in [0.2, 0.25) is 0 Å². The second-order valence-electron chi connectivity index (χ2n) is 4.53. The molecule has 0 bridgehead atoms. The number of likely N-dealkylation sites (N-methyl/N-ethyl adjacent to an activating group) is 1. The summed E-state index contributed by atoms with van der Waals surface area (Å²) in [4.78, 5) is 2.21. The number of hydrogen-bond donors (Lipinski definition) is 1. The van der Waals surface area contributed by atoms with E-state index in [2.05, 4.69) is 24.9 Å². The summed E-state index contributed by atoms with van der Waals surface area (Å²) in [6, 6.07) is 6.04. The van der Waals surface area contributed by atoms with Gasteiger partial charge in [0.1, 0.15) is 0 Å². The molecule has 1 atom stereocenters. The molecule has 0 saturated carbocycles. The van der Waals surface area contributed by atoms with Crippen LogP contribution in [0.1, 0.15) is 18.4 Å². The molecule has 0 radical (unpaired) electrons. The van der Waals surface area contributed by atoms with Crippen LogP contribution in [0.5, 0.6) is 0 Å². The van der Waals surface area contributed by atoms with Gasteiger partial charge in [0.05, 0.1) is 17.5 Å². The van der Waals surface area contributed by atoms with Gasteiger partial charge in [-0.2, -0.15) is 0 Å². The summed E-state index contributed by atoms with van der Waals surface area (Å²) in [7, 11) is 2.08. The van der Waals surface area contributed by atoms with Crippen LogP contribution in [0.15, 0.2) is 18.2 Å². The molecule has 1 aliphatic heterocycles. The molecule has 2 rings (SSSR count). The zero-order valence-corrected chi connectivity index (χ0v) is 10.1. The Balaban J connectivity index is 2.10. The third-order valence-corrected chi connectivity index (χ3v) is 3.15. The highest BCUT2D eigenvalue weighted by Crippen LogP contribution is 2.27. The zero-order valence-electron chi connectivity index (χ0n) is 10.1. The SMILES string of the molecule is Cc1cccc(N)c1N(C)CC1CCCO1. The second-order valence-corrected chi connectivity index (χ2v) is 4.53. The third kappa shape index (κ3) is 2.30. The largest absolute Gasteiger partial charge is 0.397 e. The van der Waals surface area contributed by atoms with E-state index in [4.69, 9.17) is 10.5 Å². The quantitative estimate of drug-likeness (QED) is 0.794. The molecule has 3 nitrogen and oxygen atoms in total. The van der Waals surface area contributed by atoms with Crippen LogP contribution in [-0.2, 0) is 4.74 Å². The smallest absolute Gasteiger partial charge is 0.0750 e. The molecule has 0 amide bonds. The van der Waals surface area contributed by atoms with E-state index >= 15 is 0 Å². The van der Waals surface area contributed by atoms with Crippen LogP contribution in [0.25, 0.3) is 0 Å². The standard InChI is InChI=1S/C13H20N2O/c1-10-5-3-7-12(14)13(10)15(2)9-11-6-4-8-16-11/h3,5,7,11H,4,6,8-9,14H2,1-2H3. The first-order valence-corrected chi connectivity index (χ1v) is 5.86. The summed E-state index contributed by atoms with van der Waals surface area (Å²) in [5, 5.41) is 0. The number of nitrogens with two attached hydrogens (primary N) is 1. The van der Waals surface area contributed by atoms with Gasteiger partial charge in [-0.15, -0.1) is 0 Å². The normalized spacial score (nSPS) is 20.0. The van der Waals surface area contributed by atoms with E-state index < -0.39 is 0 Å². The fourth-order valence-electron chi connectivity index (χ4n) is 2.39. The van der Waals surface area contributed by atoms with Crippen LogP contribution < -0.4 is 10.6 Å². The summed E-state index contributed by atoms with van der Waals surface area (Å²) in [6.45, 7) is 3.93. The minimum Gasteiger partial charge on any atom is -0.397 e. The van der Waals surface area contributed by atoms with Crippen LogP contribution >= 0.6 is 0 Å². The van der Waals surface area contributed by atoms with Gasteiger partial charge in [0.15, 0.2) is 0 Å². The lowest BCUT2D eigenvalue weighted by atomic mass is 10.1. The highest BCUT2D eigenvalue weighted by molar-refractivity contribution is 5.71. The molecule has 1 aliphatic rings. The number of benzene rings is 1. The van der Waals surface area contributed by atoms with Gasteiger partial charge in [-0.3, -0.25) is 0 Å². The maximum absolute atomic E-state index is 6.01. The Hall–Kier alpha value is -1.22. The highest BCUT2D eigenvalue weighted by Gasteiger charge is 2.19. The summed E-state index contributed by atoms with van der Waals surface area (Å²) in [5.74, 6) is 0. The Morgan fingerprint density at radius 3 is 2.94 bits per heavy atom. The van der Waals surface area contributed by atoms with Gasteiger partial charge >= 0.3 is 0 Å². The van der Waals surface area contributed by atoms with E-state index in [0.29, 0.717) is 6.10 Å². The molecule has 16 heavy (non-hydrogen) atoms. The summed E-state index contributed by atoms with van der Waals surface area (Å²) < 4.78 is 5.64. The Morgan fingerprint density at radius 1 is 1.50 bits per heavy atom. The Labute approximate surface area is 97.2 Å². The van der Waals surface area contributed by atoms with Crippen molar-refractivity contribution in [1.82, 2.24) is 0 Å². The number of nitrogens with zero attached hydrogens (tertiary/aromatic N) is 1. The zero-order chi connectivity index (χ0) is 11.5. The minimum absolute atomic E-state index is 0.365. The Morgan fingerprint density at radius 2 is 2.31 bits per heavy atom. The molecule has 2 N–H and O–H groups in total. The van der Waals surface area contributed by atoms with Crippen molar-refractivity contribution in [2.24, 2.45) is 0 Å². The lowest BCUT2D eigenvalue weighted by Crippen LogP contribution is -2.29. The molecule has 1 aromatic carbocycles. The molecule has 3 heteroatoms. The van der Waals surface area contributed by atoms with E-state index in [1.807, 2.05) is 12.1 Å². The van der Waals surface area contributed by atoms with Crippen LogP contribution in [0.3, 0.4) is 0 Å². The maximum atomic E-state index is 6.01. The first-order chi connectivity index (χ1) is 7.68. The van der Waals surface area contributed by atoms with Crippen molar-refractivity contribution in [3.8, 4) is 0 Å². The summed E-state index contributed by atoms with van der Waals surface area (Å²) in [5.41, 5.74) is 9.22. The van der Waals surface area contributed by atoms with Crippen LogP contribution in [0.4, 0.5) is 11.4 Å². The van der Waals surface area contributed by atoms with E-state index in [9.17, 15) is 0 Å². The average molecular weight is 220 g/mol. The lowest BCUT2D eigenvalue weighted by Gasteiger charge is -2.25. The second kappa shape index (κ2) is 4.74. The van der Waals surface area contributed by atoms with Crippen LogP contribution in [0, 0.1) is 6.92 Å². The average Bonchev–Trinajstić information content (AvgIpc) is 2.70. The van der Waals surface area contributed by atoms with Crippen molar-refractivity contribution in [2.75, 3.05) is 30.8 Å². The van der Waals surface area contributed by atoms with Gasteiger partial charge in [0, 0.05) is 20.2 Å². The number of hydrogen-bond acceptors (Lipinski definition) is 3. The van der Waals surface area contributed by atoms with Crippen molar-refractivity contribution in [3.05, 3.63) is 23.8 Å². The summed E-state index contributed by atoms with van der Waals surface area (Å²) >= 11 is 0. The minimum atomic E-state index is 0.365. The van der Waals surface area contributed by atoms with Gasteiger partial charge in [-0.05, 0) is 31.4 Å². The van der Waals surface area contributed by atoms with Crippen molar-refractivity contribution in [2.45, 2.75) is 25.9 Å². The van der Waals surface area contributed by atoms with Crippen molar-refractivity contribution >= 4 is 11.4 Å². The first kappa shape index (κ1) is 11.3. The molecule has 0 aliphatic carbocycles. The van der Waals surface area contributed by atoms with Gasteiger partial charge in [-0.25, -0.2) is 0 Å². The third-order valence-electron chi connectivity index (χ3n) is 3.15. The number of para-hydroxylation sites is 1. The first-order valence-electron chi connectivity index (χ1n) is 5.86. The Bertz CT molecular complexity index is 339. The van der Waals surface area contributed by atoms with Crippen molar-refractivity contribution in [3.63, 3.8) is 0 Å². The molecule has 0 aromatic heterocycles. The van der Waals surface area contributed by atoms with Crippen molar-refractivity contribution in [1.29, 1.82) is 0 Å². The molecule has 1 unspecified atom stereocenters. The number of nitrogen functional groups attached to an aromatic ring is 1. The van der Waals surface area contributed by atoms with Gasteiger partial charge in [-0.1, -0.05) is 12.1 Å². The molecule has 1 fully saturated rings. The van der Waals surface area contributed by atoms with E-state index in [0.717, 1.165) is 30.9 Å². The Kier molecular flexibility index (Phi) is 3.34. The molecule has 1 heterocycles. The number of rotatable bonds is 3. The van der Waals surface area contributed by atoms with Crippen molar-refractivity contribution < 1.29 is 4.74 Å².